The van der Waals surface area contributed by atoms with Gasteiger partial charge in [-0.15, -0.1) is 12.4 Å². The highest BCUT2D eigenvalue weighted by atomic mass is 127. The lowest BCUT2D eigenvalue weighted by molar-refractivity contribution is 0.466. The maximum atomic E-state index is 9.61. The van der Waals surface area contributed by atoms with E-state index in [2.05, 4.69) is 45.2 Å². The Kier molecular flexibility index (Phi) is 8.25. The second-order valence-corrected chi connectivity index (χ2v) is 5.69. The number of hydrogen-bond acceptors (Lipinski definition) is 3. The van der Waals surface area contributed by atoms with Crippen LogP contribution < -0.4 is 11.5 Å². The molecule has 1 aromatic carbocycles. The second-order valence-electron chi connectivity index (χ2n) is 3.37. The van der Waals surface area contributed by atoms with Crippen molar-refractivity contribution in [2.45, 2.75) is 18.9 Å². The average molecular weight is 469 g/mol. The summed E-state index contributed by atoms with van der Waals surface area (Å²) >= 11 is 4.22. The van der Waals surface area contributed by atoms with Gasteiger partial charge in [-0.3, -0.25) is 0 Å². The summed E-state index contributed by atoms with van der Waals surface area (Å²) in [6.07, 6.45) is 1.81. The van der Waals surface area contributed by atoms with Crippen molar-refractivity contribution in [3.8, 4) is 5.75 Å². The number of hydrogen-bond donors (Lipinski definition) is 3. The van der Waals surface area contributed by atoms with E-state index in [9.17, 15) is 5.11 Å². The maximum Gasteiger partial charge on any atom is 0.142 e. The highest BCUT2D eigenvalue weighted by Gasteiger charge is 2.10. The summed E-state index contributed by atoms with van der Waals surface area (Å²) in [5.74, 6) is 0.339. The number of rotatable bonds is 4. The molecule has 0 aromatic heterocycles. The number of phenolic OH excluding ortho intramolecular Hbond substituents is 1. The molecule has 16 heavy (non-hydrogen) atoms. The van der Waals surface area contributed by atoms with Gasteiger partial charge in [-0.1, -0.05) is 0 Å². The first-order chi connectivity index (χ1) is 7.06. The van der Waals surface area contributed by atoms with Crippen molar-refractivity contribution in [1.29, 1.82) is 0 Å². The molecule has 1 rings (SSSR count). The van der Waals surface area contributed by atoms with Gasteiger partial charge in [-0.25, -0.2) is 0 Å². The normalized spacial score (nSPS) is 12.0. The fourth-order valence-electron chi connectivity index (χ4n) is 1.30. The van der Waals surface area contributed by atoms with Crippen LogP contribution >= 0.6 is 57.6 Å². The summed E-state index contributed by atoms with van der Waals surface area (Å²) < 4.78 is 1.69. The van der Waals surface area contributed by atoms with E-state index < -0.39 is 0 Å². The predicted molar refractivity (Wildman–Crippen MR) is 86.0 cm³/mol. The largest absolute Gasteiger partial charge is 0.506 e. The Morgan fingerprint density at radius 3 is 2.19 bits per heavy atom. The van der Waals surface area contributed by atoms with Crippen LogP contribution in [0.5, 0.6) is 5.75 Å². The van der Waals surface area contributed by atoms with E-state index >= 15 is 0 Å². The van der Waals surface area contributed by atoms with Crippen LogP contribution in [0.25, 0.3) is 0 Å². The lowest BCUT2D eigenvalue weighted by Crippen LogP contribution is -2.13. The first-order valence-electron chi connectivity index (χ1n) is 4.69. The molecule has 3 nitrogen and oxygen atoms in total. The number of benzene rings is 1. The number of aromatic hydroxyl groups is 1. The van der Waals surface area contributed by atoms with E-state index in [4.69, 9.17) is 11.5 Å². The van der Waals surface area contributed by atoms with Gasteiger partial charge in [0.1, 0.15) is 5.75 Å². The smallest absolute Gasteiger partial charge is 0.142 e. The molecule has 0 saturated carbocycles. The SMILES string of the molecule is Cl.NCCC[C@@H](N)c1cc(I)c(O)c(I)c1. The van der Waals surface area contributed by atoms with Crippen LogP contribution in [-0.4, -0.2) is 11.7 Å². The van der Waals surface area contributed by atoms with Gasteiger partial charge in [-0.05, 0) is 82.3 Å². The van der Waals surface area contributed by atoms with Crippen molar-refractivity contribution in [2.24, 2.45) is 11.5 Å². The molecular formula is C10H15ClI2N2O. The van der Waals surface area contributed by atoms with Crippen LogP contribution in [0.4, 0.5) is 0 Å². The topological polar surface area (TPSA) is 72.3 Å². The Bertz CT molecular complexity index is 327. The Labute approximate surface area is 129 Å². The summed E-state index contributed by atoms with van der Waals surface area (Å²) in [5, 5.41) is 9.61. The van der Waals surface area contributed by atoms with Crippen molar-refractivity contribution in [3.63, 3.8) is 0 Å². The van der Waals surface area contributed by atoms with Crippen molar-refractivity contribution in [2.75, 3.05) is 6.54 Å². The fraction of sp³-hybridized carbons (Fsp3) is 0.400. The minimum absolute atomic E-state index is 0. The van der Waals surface area contributed by atoms with Crippen molar-refractivity contribution in [1.82, 2.24) is 0 Å². The van der Waals surface area contributed by atoms with E-state index in [0.29, 0.717) is 12.3 Å². The standard InChI is InChI=1S/C10H14I2N2O.ClH/c11-7-4-6(5-8(12)10(7)15)9(14)2-1-3-13;/h4-5,9,15H,1-3,13-14H2;1H/t9-;/m1./s1. The Morgan fingerprint density at radius 1 is 1.25 bits per heavy atom. The molecule has 0 heterocycles. The molecule has 5 N–H and O–H groups in total. The number of phenols is 1. The molecule has 0 spiro atoms. The zero-order valence-corrected chi connectivity index (χ0v) is 13.8. The van der Waals surface area contributed by atoms with E-state index in [-0.39, 0.29) is 18.4 Å². The van der Waals surface area contributed by atoms with Gasteiger partial charge in [-0.2, -0.15) is 0 Å². The molecule has 0 fully saturated rings. The van der Waals surface area contributed by atoms with Crippen LogP contribution in [0.3, 0.4) is 0 Å². The molecule has 0 aliphatic heterocycles. The third-order valence-electron chi connectivity index (χ3n) is 2.19. The zero-order chi connectivity index (χ0) is 11.4. The fourth-order valence-corrected chi connectivity index (χ4v) is 3.12. The van der Waals surface area contributed by atoms with Gasteiger partial charge < -0.3 is 16.6 Å². The first kappa shape index (κ1) is 16.7. The molecule has 92 valence electrons. The molecule has 0 bridgehead atoms. The molecule has 0 amide bonds. The molecule has 0 aliphatic carbocycles. The van der Waals surface area contributed by atoms with E-state index in [1.165, 1.54) is 0 Å². The summed E-state index contributed by atoms with van der Waals surface area (Å²) in [6, 6.07) is 3.87. The predicted octanol–water partition coefficient (Wildman–Crippen LogP) is 2.76. The highest BCUT2D eigenvalue weighted by molar-refractivity contribution is 14.1. The Morgan fingerprint density at radius 2 is 1.75 bits per heavy atom. The lowest BCUT2D eigenvalue weighted by atomic mass is 10.0. The highest BCUT2D eigenvalue weighted by Crippen LogP contribution is 2.30. The molecular weight excluding hydrogens is 453 g/mol. The minimum atomic E-state index is 0. The van der Waals surface area contributed by atoms with Gasteiger partial charge >= 0.3 is 0 Å². The van der Waals surface area contributed by atoms with E-state index in [1.54, 1.807) is 0 Å². The van der Waals surface area contributed by atoms with Gasteiger partial charge in [0.05, 0.1) is 7.14 Å². The van der Waals surface area contributed by atoms with E-state index in [1.807, 2.05) is 12.1 Å². The van der Waals surface area contributed by atoms with Gasteiger partial charge in [0.25, 0.3) is 0 Å². The van der Waals surface area contributed by atoms with Gasteiger partial charge in [0.15, 0.2) is 0 Å². The summed E-state index contributed by atoms with van der Waals surface area (Å²) in [6.45, 7) is 0.667. The first-order valence-corrected chi connectivity index (χ1v) is 6.85. The monoisotopic (exact) mass is 468 g/mol. The van der Waals surface area contributed by atoms with Gasteiger partial charge in [0.2, 0.25) is 0 Å². The van der Waals surface area contributed by atoms with Crippen molar-refractivity contribution >= 4 is 57.6 Å². The Balaban J connectivity index is 0.00000225. The molecule has 1 atom stereocenters. The zero-order valence-electron chi connectivity index (χ0n) is 8.62. The average Bonchev–Trinajstić information content (AvgIpc) is 2.21. The molecule has 1 aromatic rings. The molecule has 0 aliphatic rings. The van der Waals surface area contributed by atoms with Crippen LogP contribution in [-0.2, 0) is 0 Å². The minimum Gasteiger partial charge on any atom is -0.506 e. The summed E-state index contributed by atoms with van der Waals surface area (Å²) in [5.41, 5.74) is 12.5. The quantitative estimate of drug-likeness (QED) is 0.596. The van der Waals surface area contributed by atoms with Crippen molar-refractivity contribution in [3.05, 3.63) is 24.8 Å². The number of halogens is 3. The van der Waals surface area contributed by atoms with Crippen molar-refractivity contribution < 1.29 is 5.11 Å². The molecule has 0 unspecified atom stereocenters. The van der Waals surface area contributed by atoms with Crippen LogP contribution in [0.1, 0.15) is 24.4 Å². The number of nitrogens with two attached hydrogens (primary N) is 2. The molecule has 6 heteroatoms. The molecule has 0 radical (unpaired) electrons. The Hall–Kier alpha value is 0.690. The summed E-state index contributed by atoms with van der Waals surface area (Å²) in [4.78, 5) is 0. The van der Waals surface area contributed by atoms with Crippen LogP contribution in [0.15, 0.2) is 12.1 Å². The third-order valence-corrected chi connectivity index (χ3v) is 3.83. The second kappa shape index (κ2) is 7.91. The summed E-state index contributed by atoms with van der Waals surface area (Å²) in [7, 11) is 0. The van der Waals surface area contributed by atoms with Crippen LogP contribution in [0, 0.1) is 7.14 Å². The van der Waals surface area contributed by atoms with Gasteiger partial charge in [0, 0.05) is 6.04 Å². The van der Waals surface area contributed by atoms with E-state index in [0.717, 1.165) is 25.5 Å². The lowest BCUT2D eigenvalue weighted by Gasteiger charge is -2.13. The maximum absolute atomic E-state index is 9.61. The van der Waals surface area contributed by atoms with Crippen LogP contribution in [0.2, 0.25) is 0 Å². The molecule has 0 saturated heterocycles. The third kappa shape index (κ3) is 4.52.